The van der Waals surface area contributed by atoms with Crippen LogP contribution in [0.15, 0.2) is 146 Å². The summed E-state index contributed by atoms with van der Waals surface area (Å²) >= 11 is 0. The van der Waals surface area contributed by atoms with Gasteiger partial charge < -0.3 is 73.6 Å². The van der Waals surface area contributed by atoms with Gasteiger partial charge in [0.1, 0.15) is 12.1 Å². The zero-order valence-corrected chi connectivity index (χ0v) is 61.5. The van der Waals surface area contributed by atoms with Crippen LogP contribution in [0, 0.1) is 23.7 Å². The number of amides is 8. The van der Waals surface area contributed by atoms with Crippen molar-refractivity contribution in [2.45, 2.75) is 154 Å². The number of hydrogen-bond donors (Lipinski definition) is 9. The van der Waals surface area contributed by atoms with Crippen molar-refractivity contribution in [3.05, 3.63) is 168 Å². The first-order chi connectivity index (χ1) is 50.3. The van der Waals surface area contributed by atoms with Crippen LogP contribution in [0.1, 0.15) is 114 Å². The molecule has 0 saturated carbocycles. The second kappa shape index (κ2) is 46.1. The van der Waals surface area contributed by atoms with Crippen molar-refractivity contribution in [2.24, 2.45) is 46.6 Å². The number of rotatable bonds is 40. The number of nitrogens with one attached hydrogen (secondary N) is 4. The van der Waals surface area contributed by atoms with Gasteiger partial charge >= 0.3 is 11.9 Å². The monoisotopic (exact) mass is 1450 g/mol. The molecule has 8 atom stereocenters. The zero-order chi connectivity index (χ0) is 76.8. The fourth-order valence-corrected chi connectivity index (χ4v) is 12.5. The molecule has 0 radical (unpaired) electrons. The first kappa shape index (κ1) is 85.9. The van der Waals surface area contributed by atoms with Gasteiger partial charge in [-0.3, -0.25) is 47.9 Å². The Kier molecular flexibility index (Phi) is 37.7. The number of piperazine rings is 2. The van der Waals surface area contributed by atoms with Crippen LogP contribution in [0.5, 0.6) is 0 Å². The minimum Gasteiger partial charge on any atom is -0.478 e. The van der Waals surface area contributed by atoms with Crippen LogP contribution in [-0.2, 0) is 88.0 Å². The summed E-state index contributed by atoms with van der Waals surface area (Å²) in [5.41, 5.74) is 27.5. The Morgan fingerprint density at radius 3 is 1.03 bits per heavy atom. The fraction of sp³-hybridized carbons (Fsp3) is 0.494. The number of benzene rings is 4. The number of hydrogen-bond acceptors (Lipinski definition) is 17. The number of carbonyl (C=O) groups is 12. The summed E-state index contributed by atoms with van der Waals surface area (Å²) in [6.45, 7) is 10.6. The van der Waals surface area contributed by atoms with Gasteiger partial charge in [-0.25, -0.2) is 9.59 Å². The van der Waals surface area contributed by atoms with Crippen molar-refractivity contribution in [2.75, 3.05) is 72.6 Å². The molecule has 26 nitrogen and oxygen atoms in total. The Balaban J connectivity index is 0.000000377. The third-order valence-corrected chi connectivity index (χ3v) is 18.3. The second-order valence-corrected chi connectivity index (χ2v) is 27.6. The van der Waals surface area contributed by atoms with Crippen molar-refractivity contribution in [3.63, 3.8) is 0 Å². The molecule has 4 aromatic carbocycles. The van der Waals surface area contributed by atoms with E-state index in [1.54, 1.807) is 9.80 Å². The Labute approximate surface area is 617 Å². The molecule has 570 valence electrons. The summed E-state index contributed by atoms with van der Waals surface area (Å²) in [5.74, 6) is -7.03. The number of nitrogens with two attached hydrogens (primary N) is 4. The number of aliphatic carboxylic acids is 1. The smallest absolute Gasteiger partial charge is 0.330 e. The van der Waals surface area contributed by atoms with Crippen molar-refractivity contribution >= 4 is 70.8 Å². The lowest BCUT2D eigenvalue weighted by atomic mass is 9.88. The van der Waals surface area contributed by atoms with Crippen LogP contribution in [-0.4, -0.2) is 204 Å². The number of nitrogens with zero attached hydrogens (tertiary/aromatic N) is 4. The number of carbonyl (C=O) groups excluding carboxylic acids is 11. The van der Waals surface area contributed by atoms with Crippen LogP contribution in [0.4, 0.5) is 0 Å². The average molecular weight is 1450 g/mol. The van der Waals surface area contributed by atoms with E-state index in [-0.39, 0.29) is 119 Å². The van der Waals surface area contributed by atoms with Crippen LogP contribution in [0.3, 0.4) is 0 Å². The molecule has 0 aromatic heterocycles. The molecule has 2 saturated heterocycles. The molecule has 2 heterocycles. The summed E-state index contributed by atoms with van der Waals surface area (Å²) in [7, 11) is 1.22. The molecule has 0 spiro atoms. The Bertz CT molecular complexity index is 3490. The Morgan fingerprint density at radius 1 is 0.419 bits per heavy atom. The van der Waals surface area contributed by atoms with Gasteiger partial charge in [0.2, 0.25) is 47.3 Å². The first-order valence-electron chi connectivity index (χ1n) is 36.5. The summed E-state index contributed by atoms with van der Waals surface area (Å²) in [4.78, 5) is 163. The van der Waals surface area contributed by atoms with Gasteiger partial charge in [0.25, 0.3) is 0 Å². The minimum atomic E-state index is -1.23. The number of carboxylic acids is 1. The van der Waals surface area contributed by atoms with Crippen molar-refractivity contribution in [3.8, 4) is 0 Å². The molecule has 2 aliphatic rings. The molecule has 105 heavy (non-hydrogen) atoms. The third-order valence-electron chi connectivity index (χ3n) is 18.3. The molecule has 4 aromatic rings. The fourth-order valence-electron chi connectivity index (χ4n) is 12.5. The number of ether oxygens (including phenoxy) is 1. The van der Waals surface area contributed by atoms with Gasteiger partial charge in [-0.2, -0.15) is 0 Å². The van der Waals surface area contributed by atoms with Crippen molar-refractivity contribution in [1.29, 1.82) is 0 Å². The molecule has 2 fully saturated rings. The van der Waals surface area contributed by atoms with E-state index in [9.17, 15) is 57.5 Å². The van der Waals surface area contributed by atoms with E-state index in [2.05, 4.69) is 26.0 Å². The molecular weight excluding hydrogens is 1340 g/mol. The van der Waals surface area contributed by atoms with Gasteiger partial charge in [0.05, 0.1) is 31.3 Å². The lowest BCUT2D eigenvalue weighted by Crippen LogP contribution is -2.56. The minimum absolute atomic E-state index is 0.0530. The summed E-state index contributed by atoms with van der Waals surface area (Å²) < 4.78 is 4.54. The maximum Gasteiger partial charge on any atom is 0.330 e. The highest BCUT2D eigenvalue weighted by molar-refractivity contribution is 5.98. The Hall–Kier alpha value is -9.76. The van der Waals surface area contributed by atoms with E-state index in [1.165, 1.54) is 16.9 Å². The lowest BCUT2D eigenvalue weighted by Gasteiger charge is -2.36. The normalized spacial score (nSPS) is 15.4. The number of ketones is 2. The molecule has 0 bridgehead atoms. The van der Waals surface area contributed by atoms with Crippen LogP contribution in [0.2, 0.25) is 0 Å². The van der Waals surface area contributed by atoms with Crippen molar-refractivity contribution < 1.29 is 67.4 Å². The van der Waals surface area contributed by atoms with E-state index in [0.717, 1.165) is 46.6 Å². The highest BCUT2D eigenvalue weighted by atomic mass is 16.5. The van der Waals surface area contributed by atoms with E-state index in [4.69, 9.17) is 28.0 Å². The standard InChI is InChI=1S/C40H56N6O7.C39H54N6O7/c1-28(2)24-31(27-35(47)34(26-30-14-8-5-9-15-30)44-39(51)32(42)25-29-12-6-4-7-13-29)38(50)43-33(16-10-11-19-41)40(52)46-22-20-45(21-23-46)36(48)17-18-37(49)53-3;1-27(2)23-30(26-34(46)33(25-29-13-7-4-8-14-29)43-38(51)31(41)24-28-11-5-3-6-12-28)37(50)42-32(15-9-10-18-40)39(52)45-21-19-44(20-22-45)35(47)16-17-36(48)49/h4-9,12-15,17-18,28,31-34H,10-11,16,19-27,41-42H2,1-3H3,(H,43,50)(H,44,51);3-8,11-14,16-17,27,30-33H,9-10,15,18-26,40-41H2,1-2H3,(H,42,50)(H,43,51)(H,48,49)/b18-17+;17-16+/t31-,32+,33+,34+;30-,31+,32+,33+/m00/s1. The van der Waals surface area contributed by atoms with Crippen LogP contribution >= 0.6 is 0 Å². The summed E-state index contributed by atoms with van der Waals surface area (Å²) in [5, 5.41) is 20.5. The first-order valence-corrected chi connectivity index (χ1v) is 36.5. The molecule has 6 rings (SSSR count). The molecular formula is C79H110N12O14. The molecule has 26 heteroatoms. The van der Waals surface area contributed by atoms with Crippen LogP contribution < -0.4 is 44.2 Å². The maximum atomic E-state index is 14.0. The number of methoxy groups -OCH3 is 1. The Morgan fingerprint density at radius 2 is 0.724 bits per heavy atom. The number of carboxylic acid groups (broad SMARTS) is 1. The summed E-state index contributed by atoms with van der Waals surface area (Å²) in [6.07, 6.45) is 8.70. The lowest BCUT2D eigenvalue weighted by molar-refractivity contribution is -0.141. The average Bonchev–Trinajstić information content (AvgIpc) is 0.849. The molecule has 0 unspecified atom stereocenters. The van der Waals surface area contributed by atoms with Gasteiger partial charge in [0, 0.05) is 101 Å². The topological polar surface area (TPSA) is 399 Å². The van der Waals surface area contributed by atoms with Crippen molar-refractivity contribution in [1.82, 2.24) is 40.9 Å². The van der Waals surface area contributed by atoms with Gasteiger partial charge in [-0.05, 0) is 124 Å². The molecule has 8 amide bonds. The third kappa shape index (κ3) is 31.2. The highest BCUT2D eigenvalue weighted by Gasteiger charge is 2.37. The number of esters is 1. The van der Waals surface area contributed by atoms with Gasteiger partial charge in [-0.15, -0.1) is 0 Å². The quantitative estimate of drug-likeness (QED) is 0.0174. The number of Topliss-reactive ketones (excluding diaryl/α,β-unsaturated/α-hetero) is 2. The van der Waals surface area contributed by atoms with E-state index in [1.807, 2.05) is 149 Å². The number of unbranched alkanes of at least 4 members (excludes halogenated alkanes) is 2. The molecule has 13 N–H and O–H groups in total. The van der Waals surface area contributed by atoms with Crippen LogP contribution in [0.25, 0.3) is 0 Å². The predicted molar refractivity (Wildman–Crippen MR) is 399 cm³/mol. The largest absolute Gasteiger partial charge is 0.478 e. The maximum absolute atomic E-state index is 14.0. The van der Waals surface area contributed by atoms with E-state index >= 15 is 0 Å². The molecule has 2 aliphatic heterocycles. The predicted octanol–water partition coefficient (Wildman–Crippen LogP) is 3.75. The van der Waals surface area contributed by atoms with Gasteiger partial charge in [-0.1, -0.05) is 149 Å². The molecule has 0 aliphatic carbocycles. The van der Waals surface area contributed by atoms with Gasteiger partial charge in [0.15, 0.2) is 11.6 Å². The zero-order valence-electron chi connectivity index (χ0n) is 61.5. The van der Waals surface area contributed by atoms with E-state index < -0.39 is 89.6 Å². The highest BCUT2D eigenvalue weighted by Crippen LogP contribution is 2.23. The van der Waals surface area contributed by atoms with E-state index in [0.29, 0.717) is 77.3 Å². The SMILES string of the molecule is CC(C)C[C@@H](CC(=O)[C@@H](Cc1ccccc1)NC(=O)[C@H](N)Cc1ccccc1)C(=O)N[C@H](CCCCN)C(=O)N1CCN(C(=O)/C=C/C(=O)O)CC1.COC(=O)/C=C/C(=O)N1CCN(C(=O)[C@@H](CCCCN)NC(=O)[C@H](CC(=O)[C@@H](Cc2ccccc2)NC(=O)[C@H](N)Cc2ccccc2)CC(C)C)CC1. The second-order valence-electron chi connectivity index (χ2n) is 27.6. The summed E-state index contributed by atoms with van der Waals surface area (Å²) in [6, 6.07) is 32.1.